The number of imidazole rings is 1. The monoisotopic (exact) mass is 398 g/mol. The van der Waals surface area contributed by atoms with Crippen molar-refractivity contribution in [2.75, 3.05) is 32.8 Å². The molecule has 0 atom stereocenters. The summed E-state index contributed by atoms with van der Waals surface area (Å²) in [6.45, 7) is 7.74. The molecule has 3 heterocycles. The fourth-order valence-corrected chi connectivity index (χ4v) is 4.14. The maximum Gasteiger partial charge on any atom is 0.0958 e. The van der Waals surface area contributed by atoms with Crippen LogP contribution in [0.25, 0.3) is 33.4 Å². The van der Waals surface area contributed by atoms with Crippen molar-refractivity contribution < 1.29 is 4.74 Å². The Bertz CT molecular complexity index is 1160. The van der Waals surface area contributed by atoms with Crippen LogP contribution in [0.15, 0.2) is 67.1 Å². The van der Waals surface area contributed by atoms with Gasteiger partial charge < -0.3 is 9.30 Å². The molecule has 0 N–H and O–H groups in total. The van der Waals surface area contributed by atoms with Crippen molar-refractivity contribution in [1.29, 1.82) is 0 Å². The maximum absolute atomic E-state index is 5.46. The first-order valence-electron chi connectivity index (χ1n) is 10.6. The molecule has 2 aromatic heterocycles. The van der Waals surface area contributed by atoms with E-state index in [2.05, 4.69) is 69.9 Å². The van der Waals surface area contributed by atoms with Gasteiger partial charge >= 0.3 is 0 Å². The van der Waals surface area contributed by atoms with Gasteiger partial charge in [-0.15, -0.1) is 0 Å². The average molecular weight is 399 g/mol. The average Bonchev–Trinajstić information content (AvgIpc) is 3.20. The number of aryl methyl sites for hydroxylation is 1. The lowest BCUT2D eigenvalue weighted by Crippen LogP contribution is -2.38. The predicted molar refractivity (Wildman–Crippen MR) is 120 cm³/mol. The van der Waals surface area contributed by atoms with Crippen molar-refractivity contribution >= 4 is 11.0 Å². The van der Waals surface area contributed by atoms with E-state index >= 15 is 0 Å². The van der Waals surface area contributed by atoms with E-state index < -0.39 is 0 Å². The maximum atomic E-state index is 5.46. The Kier molecular flexibility index (Phi) is 5.30. The van der Waals surface area contributed by atoms with E-state index in [1.54, 1.807) is 0 Å². The smallest absolute Gasteiger partial charge is 0.0958 e. The normalized spacial score (nSPS) is 15.0. The zero-order valence-electron chi connectivity index (χ0n) is 17.3. The predicted octanol–water partition coefficient (Wildman–Crippen LogP) is 4.41. The standard InChI is InChI=1S/C25H26N4O/c1-19-4-2-5-21(16-19)25-22(6-3-9-26-25)20-7-8-23-24(17-20)29(18-27-23)11-10-28-12-14-30-15-13-28/h2-9,16-18H,10-15H2,1H3. The van der Waals surface area contributed by atoms with Crippen molar-refractivity contribution in [2.24, 2.45) is 0 Å². The molecule has 0 aliphatic carbocycles. The van der Waals surface area contributed by atoms with Crippen molar-refractivity contribution in [1.82, 2.24) is 19.4 Å². The fraction of sp³-hybridized carbons (Fsp3) is 0.280. The first-order chi connectivity index (χ1) is 14.8. The molecule has 1 aliphatic rings. The summed E-state index contributed by atoms with van der Waals surface area (Å²) in [6.07, 6.45) is 3.83. The van der Waals surface area contributed by atoms with Crippen molar-refractivity contribution in [3.63, 3.8) is 0 Å². The number of hydrogen-bond donors (Lipinski definition) is 0. The molecule has 2 aromatic carbocycles. The van der Waals surface area contributed by atoms with E-state index in [-0.39, 0.29) is 0 Å². The van der Waals surface area contributed by atoms with Crippen LogP contribution in [0, 0.1) is 6.92 Å². The molecular formula is C25H26N4O. The molecule has 0 saturated carbocycles. The van der Waals surface area contributed by atoms with Gasteiger partial charge in [-0.25, -0.2) is 4.98 Å². The highest BCUT2D eigenvalue weighted by molar-refractivity contribution is 5.87. The summed E-state index contributed by atoms with van der Waals surface area (Å²) in [7, 11) is 0. The third kappa shape index (κ3) is 3.86. The Morgan fingerprint density at radius 1 is 0.900 bits per heavy atom. The van der Waals surface area contributed by atoms with E-state index in [4.69, 9.17) is 9.72 Å². The molecule has 5 nitrogen and oxygen atoms in total. The lowest BCUT2D eigenvalue weighted by Gasteiger charge is -2.26. The van der Waals surface area contributed by atoms with Gasteiger partial charge in [-0.05, 0) is 36.8 Å². The second kappa shape index (κ2) is 8.38. The van der Waals surface area contributed by atoms with Crippen LogP contribution in [0.4, 0.5) is 0 Å². The summed E-state index contributed by atoms with van der Waals surface area (Å²) in [6, 6.07) is 19.2. The third-order valence-electron chi connectivity index (χ3n) is 5.79. The van der Waals surface area contributed by atoms with Crippen LogP contribution < -0.4 is 0 Å². The topological polar surface area (TPSA) is 43.2 Å². The number of fused-ring (bicyclic) bond motifs is 1. The van der Waals surface area contributed by atoms with Crippen LogP contribution in [0.1, 0.15) is 5.56 Å². The summed E-state index contributed by atoms with van der Waals surface area (Å²) in [4.78, 5) is 11.8. The van der Waals surface area contributed by atoms with Gasteiger partial charge in [-0.2, -0.15) is 0 Å². The Morgan fingerprint density at radius 2 is 1.80 bits per heavy atom. The second-order valence-corrected chi connectivity index (χ2v) is 7.86. The van der Waals surface area contributed by atoms with Gasteiger partial charge in [0.05, 0.1) is 36.3 Å². The van der Waals surface area contributed by atoms with E-state index in [0.717, 1.165) is 61.7 Å². The third-order valence-corrected chi connectivity index (χ3v) is 5.79. The minimum Gasteiger partial charge on any atom is -0.379 e. The highest BCUT2D eigenvalue weighted by Gasteiger charge is 2.13. The van der Waals surface area contributed by atoms with Crippen LogP contribution in [0.2, 0.25) is 0 Å². The van der Waals surface area contributed by atoms with Gasteiger partial charge in [0.15, 0.2) is 0 Å². The number of nitrogens with zero attached hydrogens (tertiary/aromatic N) is 4. The number of ether oxygens (including phenoxy) is 1. The summed E-state index contributed by atoms with van der Waals surface area (Å²) in [5.41, 5.74) is 7.90. The summed E-state index contributed by atoms with van der Waals surface area (Å²) in [5.74, 6) is 0. The molecule has 0 bridgehead atoms. The minimum atomic E-state index is 0.831. The fourth-order valence-electron chi connectivity index (χ4n) is 4.14. The van der Waals surface area contributed by atoms with Gasteiger partial charge in [0, 0.05) is 43.5 Å². The Balaban J connectivity index is 1.48. The number of morpholine rings is 1. The van der Waals surface area contributed by atoms with Gasteiger partial charge in [-0.1, -0.05) is 35.9 Å². The molecule has 4 aromatic rings. The number of benzene rings is 2. The zero-order valence-corrected chi connectivity index (χ0v) is 17.3. The largest absolute Gasteiger partial charge is 0.379 e. The Labute approximate surface area is 177 Å². The summed E-state index contributed by atoms with van der Waals surface area (Å²) >= 11 is 0. The number of hydrogen-bond acceptors (Lipinski definition) is 4. The molecule has 0 amide bonds. The Hall–Kier alpha value is -3.02. The zero-order chi connectivity index (χ0) is 20.3. The molecule has 5 rings (SSSR count). The van der Waals surface area contributed by atoms with E-state index in [1.165, 1.54) is 16.6 Å². The van der Waals surface area contributed by atoms with Crippen LogP contribution in [-0.4, -0.2) is 52.3 Å². The molecule has 0 spiro atoms. The quantitative estimate of drug-likeness (QED) is 0.500. The molecule has 1 aliphatic heterocycles. The minimum absolute atomic E-state index is 0.831. The molecule has 1 saturated heterocycles. The first-order valence-corrected chi connectivity index (χ1v) is 10.6. The lowest BCUT2D eigenvalue weighted by molar-refractivity contribution is 0.0365. The van der Waals surface area contributed by atoms with E-state index in [1.807, 2.05) is 18.6 Å². The van der Waals surface area contributed by atoms with Crippen molar-refractivity contribution in [3.8, 4) is 22.4 Å². The number of pyridine rings is 1. The SMILES string of the molecule is Cc1cccc(-c2ncccc2-c2ccc3ncn(CCN4CCOCC4)c3c2)c1. The van der Waals surface area contributed by atoms with E-state index in [9.17, 15) is 0 Å². The Morgan fingerprint density at radius 3 is 2.67 bits per heavy atom. The van der Waals surface area contributed by atoms with Gasteiger partial charge in [0.25, 0.3) is 0 Å². The molecule has 30 heavy (non-hydrogen) atoms. The summed E-state index contributed by atoms with van der Waals surface area (Å²) < 4.78 is 7.72. The summed E-state index contributed by atoms with van der Waals surface area (Å²) in [5, 5.41) is 0. The molecular weight excluding hydrogens is 372 g/mol. The molecule has 0 radical (unpaired) electrons. The van der Waals surface area contributed by atoms with Gasteiger partial charge in [-0.3, -0.25) is 9.88 Å². The van der Waals surface area contributed by atoms with E-state index in [0.29, 0.717) is 0 Å². The van der Waals surface area contributed by atoms with Crippen LogP contribution in [0.5, 0.6) is 0 Å². The van der Waals surface area contributed by atoms with Crippen molar-refractivity contribution in [2.45, 2.75) is 13.5 Å². The number of rotatable bonds is 5. The van der Waals surface area contributed by atoms with Gasteiger partial charge in [0.2, 0.25) is 0 Å². The van der Waals surface area contributed by atoms with Gasteiger partial charge in [0.1, 0.15) is 0 Å². The molecule has 5 heteroatoms. The first kappa shape index (κ1) is 19.0. The lowest BCUT2D eigenvalue weighted by atomic mass is 9.98. The highest BCUT2D eigenvalue weighted by Crippen LogP contribution is 2.32. The van der Waals surface area contributed by atoms with Crippen LogP contribution in [-0.2, 0) is 11.3 Å². The van der Waals surface area contributed by atoms with Crippen LogP contribution >= 0.6 is 0 Å². The molecule has 1 fully saturated rings. The second-order valence-electron chi connectivity index (χ2n) is 7.86. The van der Waals surface area contributed by atoms with Crippen molar-refractivity contribution in [3.05, 3.63) is 72.7 Å². The van der Waals surface area contributed by atoms with Crippen LogP contribution in [0.3, 0.4) is 0 Å². The molecule has 0 unspecified atom stereocenters. The number of aromatic nitrogens is 3. The highest BCUT2D eigenvalue weighted by atomic mass is 16.5. The molecule has 152 valence electrons.